The largest absolute Gasteiger partial charge is 0.461 e. The van der Waals surface area contributed by atoms with Crippen LogP contribution in [0, 0.1) is 5.92 Å². The van der Waals surface area contributed by atoms with E-state index in [2.05, 4.69) is 36.2 Å². The van der Waals surface area contributed by atoms with E-state index in [-0.39, 0.29) is 17.7 Å². The third kappa shape index (κ3) is 4.68. The molecule has 4 aromatic heterocycles. The fourth-order valence-electron chi connectivity index (χ4n) is 3.74. The van der Waals surface area contributed by atoms with Crippen LogP contribution in [0.3, 0.4) is 0 Å². The Bertz CT molecular complexity index is 1230. The van der Waals surface area contributed by atoms with Gasteiger partial charge >= 0.3 is 0 Å². The Morgan fingerprint density at radius 1 is 1.18 bits per heavy atom. The van der Waals surface area contributed by atoms with E-state index < -0.39 is 0 Å². The molecule has 0 aromatic carbocycles. The van der Waals surface area contributed by atoms with Gasteiger partial charge < -0.3 is 4.42 Å². The van der Waals surface area contributed by atoms with Crippen LogP contribution < -0.4 is 0 Å². The zero-order valence-corrected chi connectivity index (χ0v) is 20.7. The fourth-order valence-corrected chi connectivity index (χ4v) is 6.07. The van der Waals surface area contributed by atoms with E-state index in [0.29, 0.717) is 22.7 Å². The molecule has 5 heterocycles. The first kappa shape index (κ1) is 22.1. The van der Waals surface area contributed by atoms with Gasteiger partial charge in [-0.2, -0.15) is 5.10 Å². The highest BCUT2D eigenvalue weighted by Gasteiger charge is 2.34. The lowest BCUT2D eigenvalue weighted by Gasteiger charge is -2.20. The number of thioether (sulfide) groups is 1. The van der Waals surface area contributed by atoms with Crippen molar-refractivity contribution in [2.24, 2.45) is 11.0 Å². The Balaban J connectivity index is 1.36. The number of carbonyl (C=O) groups excluding carboxylic acids is 1. The molecule has 0 bridgehead atoms. The summed E-state index contributed by atoms with van der Waals surface area (Å²) in [6.07, 6.45) is 2.35. The lowest BCUT2D eigenvalue weighted by atomic mass is 10.1. The Labute approximate surface area is 204 Å². The van der Waals surface area contributed by atoms with Crippen LogP contribution >= 0.6 is 34.4 Å². The van der Waals surface area contributed by atoms with Crippen molar-refractivity contribution in [2.75, 3.05) is 5.75 Å². The summed E-state index contributed by atoms with van der Waals surface area (Å²) >= 11 is 4.70. The number of thiophene rings is 2. The molecule has 5 rings (SSSR count). The van der Waals surface area contributed by atoms with Crippen LogP contribution in [0.4, 0.5) is 0 Å². The van der Waals surface area contributed by atoms with E-state index in [1.807, 2.05) is 39.6 Å². The summed E-state index contributed by atoms with van der Waals surface area (Å²) < 4.78 is 7.57. The lowest BCUT2D eigenvalue weighted by molar-refractivity contribution is -0.130. The van der Waals surface area contributed by atoms with Crippen LogP contribution in [0.2, 0.25) is 0 Å². The molecular formula is C23H23N5O2S3. The molecule has 1 atom stereocenters. The molecule has 1 amide bonds. The molecule has 0 N–H and O–H groups in total. The van der Waals surface area contributed by atoms with E-state index in [9.17, 15) is 4.79 Å². The Morgan fingerprint density at radius 2 is 2.03 bits per heavy atom. The molecule has 0 fully saturated rings. The van der Waals surface area contributed by atoms with Crippen molar-refractivity contribution < 1.29 is 9.21 Å². The molecule has 7 nitrogen and oxygen atoms in total. The predicted octanol–water partition coefficient (Wildman–Crippen LogP) is 5.79. The van der Waals surface area contributed by atoms with Gasteiger partial charge in [-0.15, -0.1) is 32.9 Å². The van der Waals surface area contributed by atoms with Gasteiger partial charge in [-0.25, -0.2) is 5.01 Å². The maximum absolute atomic E-state index is 13.3. The average Bonchev–Trinajstić information content (AvgIpc) is 3.60. The summed E-state index contributed by atoms with van der Waals surface area (Å²) in [4.78, 5) is 15.6. The predicted molar refractivity (Wildman–Crippen MR) is 133 cm³/mol. The van der Waals surface area contributed by atoms with Crippen molar-refractivity contribution in [3.63, 3.8) is 0 Å². The fraction of sp³-hybridized carbons (Fsp3) is 0.304. The minimum Gasteiger partial charge on any atom is -0.461 e. The molecule has 170 valence electrons. The number of carbonyl (C=O) groups is 1. The van der Waals surface area contributed by atoms with Gasteiger partial charge in [0.25, 0.3) is 5.91 Å². The van der Waals surface area contributed by atoms with E-state index in [4.69, 9.17) is 9.52 Å². The van der Waals surface area contributed by atoms with Gasteiger partial charge in [-0.1, -0.05) is 37.7 Å². The van der Waals surface area contributed by atoms with Gasteiger partial charge in [0.2, 0.25) is 0 Å². The Morgan fingerprint density at radius 3 is 2.73 bits per heavy atom. The summed E-state index contributed by atoms with van der Waals surface area (Å²) in [5.74, 6) is 1.94. The summed E-state index contributed by atoms with van der Waals surface area (Å²) in [6, 6.07) is 11.8. The molecular weight excluding hydrogens is 474 g/mol. The van der Waals surface area contributed by atoms with Crippen LogP contribution in [0.5, 0.6) is 0 Å². The first-order valence-corrected chi connectivity index (χ1v) is 13.4. The van der Waals surface area contributed by atoms with Crippen LogP contribution in [-0.2, 0) is 11.3 Å². The monoisotopic (exact) mass is 497 g/mol. The minimum atomic E-state index is -0.0672. The molecule has 1 aliphatic rings. The second-order valence-electron chi connectivity index (χ2n) is 8.07. The van der Waals surface area contributed by atoms with E-state index in [0.717, 1.165) is 28.4 Å². The highest BCUT2D eigenvalue weighted by atomic mass is 32.2. The number of nitrogens with zero attached hydrogens (tertiary/aromatic N) is 5. The number of aromatic nitrogens is 3. The highest BCUT2D eigenvalue weighted by Crippen LogP contribution is 2.36. The third-order valence-electron chi connectivity index (χ3n) is 5.17. The van der Waals surface area contributed by atoms with Gasteiger partial charge in [-0.05, 0) is 40.9 Å². The number of hydrazone groups is 1. The normalized spacial score (nSPS) is 16.0. The first-order valence-electron chi connectivity index (χ1n) is 10.7. The Hall–Kier alpha value is -2.69. The van der Waals surface area contributed by atoms with E-state index >= 15 is 0 Å². The maximum atomic E-state index is 13.3. The van der Waals surface area contributed by atoms with Crippen LogP contribution in [0.15, 0.2) is 68.1 Å². The van der Waals surface area contributed by atoms with Gasteiger partial charge in [0.1, 0.15) is 0 Å². The molecule has 0 saturated carbocycles. The summed E-state index contributed by atoms with van der Waals surface area (Å²) in [5, 5.41) is 19.9. The second-order valence-corrected chi connectivity index (χ2v) is 10.9. The van der Waals surface area contributed by atoms with Gasteiger partial charge in [0.05, 0.1) is 28.6 Å². The minimum absolute atomic E-state index is 0.0383. The van der Waals surface area contributed by atoms with E-state index in [1.165, 1.54) is 11.8 Å². The molecule has 10 heteroatoms. The molecule has 0 spiro atoms. The van der Waals surface area contributed by atoms with Crippen molar-refractivity contribution >= 4 is 46.1 Å². The number of rotatable bonds is 8. The number of furan rings is 1. The maximum Gasteiger partial charge on any atom is 0.253 e. The van der Waals surface area contributed by atoms with Crippen LogP contribution in [-0.4, -0.2) is 37.1 Å². The summed E-state index contributed by atoms with van der Waals surface area (Å²) in [5.41, 5.74) is 0.963. The quantitative estimate of drug-likeness (QED) is 0.288. The third-order valence-corrected chi connectivity index (χ3v) is 8.02. The SMILES string of the molecule is CC(C)Cn1c(SCC(=O)N2N=C(c3cccs3)C[C@@H]2c2cccs2)nnc1-c1ccco1. The first-order chi connectivity index (χ1) is 16.1. The van der Waals surface area contributed by atoms with Gasteiger partial charge in [-0.3, -0.25) is 9.36 Å². The second kappa shape index (κ2) is 9.66. The average molecular weight is 498 g/mol. The highest BCUT2D eigenvalue weighted by molar-refractivity contribution is 7.99. The summed E-state index contributed by atoms with van der Waals surface area (Å²) in [7, 11) is 0. The zero-order chi connectivity index (χ0) is 22.8. The van der Waals surface area contributed by atoms with Gasteiger partial charge in [0, 0.05) is 17.8 Å². The molecule has 0 unspecified atom stereocenters. The number of hydrogen-bond donors (Lipinski definition) is 0. The molecule has 1 aliphatic heterocycles. The number of amides is 1. The van der Waals surface area contributed by atoms with Crippen molar-refractivity contribution in [1.82, 2.24) is 19.8 Å². The van der Waals surface area contributed by atoms with Crippen LogP contribution in [0.1, 0.15) is 36.1 Å². The van der Waals surface area contributed by atoms with E-state index in [1.54, 1.807) is 33.9 Å². The molecule has 33 heavy (non-hydrogen) atoms. The number of hydrogen-bond acceptors (Lipinski definition) is 8. The molecule has 0 radical (unpaired) electrons. The standard InChI is InChI=1S/C23H23N5O2S3/c1-15(2)13-27-22(18-6-3-9-30-18)24-25-23(27)33-14-21(29)28-17(20-8-5-11-32-20)12-16(26-28)19-7-4-10-31-19/h3-11,15,17H,12-14H2,1-2H3/t17-/m1/s1. The van der Waals surface area contributed by atoms with Crippen molar-refractivity contribution in [1.29, 1.82) is 0 Å². The smallest absolute Gasteiger partial charge is 0.253 e. The molecule has 0 aliphatic carbocycles. The topological polar surface area (TPSA) is 76.5 Å². The van der Waals surface area contributed by atoms with Gasteiger partial charge in [0.15, 0.2) is 16.7 Å². The molecule has 0 saturated heterocycles. The Kier molecular flexibility index (Phi) is 6.48. The van der Waals surface area contributed by atoms with Crippen molar-refractivity contribution in [3.05, 3.63) is 63.2 Å². The molecule has 4 aromatic rings. The summed E-state index contributed by atoms with van der Waals surface area (Å²) in [6.45, 7) is 5.02. The van der Waals surface area contributed by atoms with Crippen LogP contribution in [0.25, 0.3) is 11.6 Å². The van der Waals surface area contributed by atoms with Crippen molar-refractivity contribution in [3.8, 4) is 11.6 Å². The van der Waals surface area contributed by atoms with Crippen molar-refractivity contribution in [2.45, 2.75) is 38.0 Å². The lowest BCUT2D eigenvalue weighted by Crippen LogP contribution is -2.28. The zero-order valence-electron chi connectivity index (χ0n) is 18.2.